The number of thiophene rings is 1. The quantitative estimate of drug-likeness (QED) is 0.798. The highest BCUT2D eigenvalue weighted by Crippen LogP contribution is 2.28. The van der Waals surface area contributed by atoms with E-state index in [1.807, 2.05) is 5.38 Å². The van der Waals surface area contributed by atoms with Gasteiger partial charge < -0.3 is 4.74 Å². The van der Waals surface area contributed by atoms with Gasteiger partial charge in [-0.15, -0.1) is 22.7 Å². The summed E-state index contributed by atoms with van der Waals surface area (Å²) in [4.78, 5) is 18.2. The number of thiazole rings is 1. The van der Waals surface area contributed by atoms with Crippen LogP contribution < -0.4 is 0 Å². The summed E-state index contributed by atoms with van der Waals surface area (Å²) < 4.78 is 4.90. The Labute approximate surface area is 108 Å². The summed E-state index contributed by atoms with van der Waals surface area (Å²) in [7, 11) is 0. The van der Waals surface area contributed by atoms with Crippen molar-refractivity contribution in [2.45, 2.75) is 20.3 Å². The molecule has 2 rings (SSSR count). The zero-order chi connectivity index (χ0) is 12.3. The maximum absolute atomic E-state index is 11.3. The molecule has 0 aliphatic carbocycles. The van der Waals surface area contributed by atoms with Crippen LogP contribution in [-0.4, -0.2) is 17.6 Å². The van der Waals surface area contributed by atoms with E-state index < -0.39 is 0 Å². The van der Waals surface area contributed by atoms with E-state index in [1.54, 1.807) is 18.3 Å². The van der Waals surface area contributed by atoms with Crippen LogP contribution in [0.1, 0.15) is 16.8 Å². The van der Waals surface area contributed by atoms with Crippen LogP contribution in [0.5, 0.6) is 0 Å². The van der Waals surface area contributed by atoms with Crippen LogP contribution in [0.25, 0.3) is 10.6 Å². The number of rotatable bonds is 4. The fourth-order valence-electron chi connectivity index (χ4n) is 1.41. The Kier molecular flexibility index (Phi) is 3.91. The number of hydrogen-bond acceptors (Lipinski definition) is 5. The predicted molar refractivity (Wildman–Crippen MR) is 70.5 cm³/mol. The molecule has 0 bridgehead atoms. The molecule has 2 aromatic heterocycles. The topological polar surface area (TPSA) is 39.2 Å². The van der Waals surface area contributed by atoms with Gasteiger partial charge in [-0.1, -0.05) is 0 Å². The van der Waals surface area contributed by atoms with Gasteiger partial charge in [-0.05, 0) is 26.0 Å². The van der Waals surface area contributed by atoms with Crippen molar-refractivity contribution in [2.24, 2.45) is 0 Å². The van der Waals surface area contributed by atoms with Crippen LogP contribution in [-0.2, 0) is 16.0 Å². The third-order valence-corrected chi connectivity index (χ3v) is 4.02. The molecule has 0 saturated carbocycles. The maximum Gasteiger partial charge on any atom is 0.312 e. The number of esters is 1. The monoisotopic (exact) mass is 267 g/mol. The Bertz CT molecular complexity index is 516. The molecule has 0 aliphatic rings. The second-order valence-electron chi connectivity index (χ2n) is 3.52. The van der Waals surface area contributed by atoms with E-state index >= 15 is 0 Å². The summed E-state index contributed by atoms with van der Waals surface area (Å²) in [6.45, 7) is 4.29. The molecular weight excluding hydrogens is 254 g/mol. The fraction of sp³-hybridized carbons (Fsp3) is 0.333. The molecule has 0 radical (unpaired) electrons. The van der Waals surface area contributed by atoms with Gasteiger partial charge in [0.2, 0.25) is 0 Å². The lowest BCUT2D eigenvalue weighted by Gasteiger charge is -1.97. The lowest BCUT2D eigenvalue weighted by Crippen LogP contribution is -2.07. The molecule has 2 aromatic rings. The summed E-state index contributed by atoms with van der Waals surface area (Å²) in [5, 5.41) is 2.80. The number of ether oxygens (including phenoxy) is 1. The minimum Gasteiger partial charge on any atom is -0.466 e. The molecule has 0 N–H and O–H groups in total. The first-order valence-electron chi connectivity index (χ1n) is 5.36. The van der Waals surface area contributed by atoms with Crippen molar-refractivity contribution in [1.82, 2.24) is 4.98 Å². The SMILES string of the molecule is CCOC(=O)Cc1nc(-c2ccc(C)s2)cs1. The van der Waals surface area contributed by atoms with Gasteiger partial charge in [-0.3, -0.25) is 4.79 Å². The average molecular weight is 267 g/mol. The van der Waals surface area contributed by atoms with Gasteiger partial charge in [0.15, 0.2) is 0 Å². The van der Waals surface area contributed by atoms with Crippen LogP contribution in [0.4, 0.5) is 0 Å². The highest BCUT2D eigenvalue weighted by atomic mass is 32.1. The second kappa shape index (κ2) is 5.42. The largest absolute Gasteiger partial charge is 0.466 e. The molecule has 2 heterocycles. The standard InChI is InChI=1S/C12H13NO2S2/c1-3-15-12(14)6-11-13-9(7-16-11)10-5-4-8(2)17-10/h4-5,7H,3,6H2,1-2H3. The summed E-state index contributed by atoms with van der Waals surface area (Å²) in [5.74, 6) is -0.212. The third kappa shape index (κ3) is 3.14. The Morgan fingerprint density at radius 1 is 1.47 bits per heavy atom. The number of hydrogen-bond donors (Lipinski definition) is 0. The summed E-state index contributed by atoms with van der Waals surface area (Å²) >= 11 is 3.21. The highest BCUT2D eigenvalue weighted by Gasteiger charge is 2.10. The predicted octanol–water partition coefficient (Wildman–Crippen LogP) is 3.29. The average Bonchev–Trinajstić information content (AvgIpc) is 2.87. The van der Waals surface area contributed by atoms with Crippen LogP contribution in [0.2, 0.25) is 0 Å². The van der Waals surface area contributed by atoms with E-state index in [9.17, 15) is 4.79 Å². The molecule has 3 nitrogen and oxygen atoms in total. The van der Waals surface area contributed by atoms with E-state index in [2.05, 4.69) is 24.0 Å². The second-order valence-corrected chi connectivity index (χ2v) is 5.75. The number of carbonyl (C=O) groups excluding carboxylic acids is 1. The number of nitrogens with zero attached hydrogens (tertiary/aromatic N) is 1. The van der Waals surface area contributed by atoms with Crippen LogP contribution in [0.15, 0.2) is 17.5 Å². The van der Waals surface area contributed by atoms with Crippen molar-refractivity contribution in [3.8, 4) is 10.6 Å². The van der Waals surface area contributed by atoms with Crippen molar-refractivity contribution in [1.29, 1.82) is 0 Å². The number of carbonyl (C=O) groups is 1. The smallest absolute Gasteiger partial charge is 0.312 e. The first-order valence-corrected chi connectivity index (χ1v) is 7.05. The molecule has 0 saturated heterocycles. The molecule has 0 aliphatic heterocycles. The van der Waals surface area contributed by atoms with E-state index in [-0.39, 0.29) is 12.4 Å². The van der Waals surface area contributed by atoms with Crippen LogP contribution in [0, 0.1) is 6.92 Å². The molecule has 0 aromatic carbocycles. The molecule has 0 atom stereocenters. The van der Waals surface area contributed by atoms with Gasteiger partial charge in [0.25, 0.3) is 0 Å². The highest BCUT2D eigenvalue weighted by molar-refractivity contribution is 7.16. The number of aryl methyl sites for hydroxylation is 1. The Morgan fingerprint density at radius 3 is 2.94 bits per heavy atom. The normalized spacial score (nSPS) is 10.5. The lowest BCUT2D eigenvalue weighted by molar-refractivity contribution is -0.142. The Hall–Kier alpha value is -1.20. The molecule has 0 unspecified atom stereocenters. The van der Waals surface area contributed by atoms with Gasteiger partial charge in [-0.2, -0.15) is 0 Å². The van der Waals surface area contributed by atoms with Crippen LogP contribution >= 0.6 is 22.7 Å². The molecule has 17 heavy (non-hydrogen) atoms. The van der Waals surface area contributed by atoms with Gasteiger partial charge >= 0.3 is 5.97 Å². The Morgan fingerprint density at radius 2 is 2.29 bits per heavy atom. The first-order chi connectivity index (χ1) is 8.19. The van der Waals surface area contributed by atoms with Crippen molar-refractivity contribution in [3.05, 3.63) is 27.4 Å². The lowest BCUT2D eigenvalue weighted by atomic mass is 10.3. The molecule has 0 amide bonds. The first kappa shape index (κ1) is 12.3. The zero-order valence-electron chi connectivity index (χ0n) is 9.73. The maximum atomic E-state index is 11.3. The van der Waals surface area contributed by atoms with E-state index in [4.69, 9.17) is 4.74 Å². The summed E-state index contributed by atoms with van der Waals surface area (Å²) in [6.07, 6.45) is 0.267. The molecule has 5 heteroatoms. The molecule has 90 valence electrons. The minimum absolute atomic E-state index is 0.212. The van der Waals surface area contributed by atoms with Gasteiger partial charge in [0, 0.05) is 10.3 Å². The van der Waals surface area contributed by atoms with E-state index in [0.717, 1.165) is 15.6 Å². The Balaban J connectivity index is 2.08. The fourth-order valence-corrected chi connectivity index (χ4v) is 3.10. The van der Waals surface area contributed by atoms with Crippen LogP contribution in [0.3, 0.4) is 0 Å². The van der Waals surface area contributed by atoms with E-state index in [0.29, 0.717) is 6.61 Å². The van der Waals surface area contributed by atoms with Gasteiger partial charge in [0.1, 0.15) is 5.01 Å². The van der Waals surface area contributed by atoms with Gasteiger partial charge in [0.05, 0.1) is 23.6 Å². The summed E-state index contributed by atoms with van der Waals surface area (Å²) in [5.41, 5.74) is 0.951. The zero-order valence-corrected chi connectivity index (χ0v) is 11.4. The van der Waals surface area contributed by atoms with E-state index in [1.165, 1.54) is 16.2 Å². The minimum atomic E-state index is -0.212. The van der Waals surface area contributed by atoms with Crippen molar-refractivity contribution >= 4 is 28.6 Å². The molecule has 0 fully saturated rings. The molecule has 0 spiro atoms. The van der Waals surface area contributed by atoms with Crippen molar-refractivity contribution < 1.29 is 9.53 Å². The van der Waals surface area contributed by atoms with Crippen molar-refractivity contribution in [3.63, 3.8) is 0 Å². The molecular formula is C12H13NO2S2. The number of aromatic nitrogens is 1. The summed E-state index contributed by atoms with van der Waals surface area (Å²) in [6, 6.07) is 4.13. The third-order valence-electron chi connectivity index (χ3n) is 2.15. The van der Waals surface area contributed by atoms with Crippen molar-refractivity contribution in [2.75, 3.05) is 6.61 Å². The van der Waals surface area contributed by atoms with Gasteiger partial charge in [-0.25, -0.2) is 4.98 Å².